The van der Waals surface area contributed by atoms with Crippen molar-refractivity contribution in [3.05, 3.63) is 53.6 Å². The fourth-order valence-electron chi connectivity index (χ4n) is 9.84. The molecule has 0 aliphatic heterocycles. The Morgan fingerprint density at radius 3 is 2.25 bits per heavy atom. The minimum atomic E-state index is -2.42. The fraction of sp³-hybridized carbons (Fsp3) is 0.595. The molecule has 20 nitrogen and oxygen atoms in total. The van der Waals surface area contributed by atoms with Crippen LogP contribution < -0.4 is 9.47 Å². The van der Waals surface area contributed by atoms with E-state index in [9.17, 15) is 34.2 Å². The number of benzene rings is 1. The Bertz CT molecular complexity index is 1940. The van der Waals surface area contributed by atoms with Gasteiger partial charge in [0, 0.05) is 29.2 Å². The van der Waals surface area contributed by atoms with Crippen molar-refractivity contribution < 1.29 is 92.8 Å². The molecule has 2 unspecified atom stereocenters. The molecular weight excluding hydrogens is 839 g/mol. The van der Waals surface area contributed by atoms with E-state index >= 15 is 4.39 Å². The molecule has 0 aromatic heterocycles. The first-order valence-electron chi connectivity index (χ1n) is 20.6. The molecule has 0 spiro atoms. The number of alkyl halides is 1. The quantitative estimate of drug-likeness (QED) is 0.0250. The van der Waals surface area contributed by atoms with Crippen LogP contribution in [0.1, 0.15) is 83.6 Å². The van der Waals surface area contributed by atoms with Gasteiger partial charge in [-0.25, -0.2) is 14.0 Å². The summed E-state index contributed by atoms with van der Waals surface area (Å²) in [4.78, 5) is 74.6. The molecule has 0 bridgehead atoms. The van der Waals surface area contributed by atoms with Crippen LogP contribution in [0.4, 0.5) is 9.18 Å². The van der Waals surface area contributed by atoms with Gasteiger partial charge in [0.1, 0.15) is 6.10 Å². The summed E-state index contributed by atoms with van der Waals surface area (Å²) in [5, 5.41) is 57.4. The van der Waals surface area contributed by atoms with Crippen LogP contribution in [0, 0.1) is 22.7 Å². The van der Waals surface area contributed by atoms with Crippen LogP contribution in [0.25, 0.3) is 6.08 Å². The Labute approximate surface area is 361 Å². The zero-order valence-corrected chi connectivity index (χ0v) is 35.2. The molecule has 1 aromatic rings. The van der Waals surface area contributed by atoms with E-state index in [4.69, 9.17) is 44.5 Å². The third-order valence-corrected chi connectivity index (χ3v) is 12.9. The number of ether oxygens (including phenoxy) is 5. The van der Waals surface area contributed by atoms with E-state index in [0.717, 1.165) is 6.08 Å². The number of fused-ring (bicyclic) bond motifs is 5. The van der Waals surface area contributed by atoms with Crippen molar-refractivity contribution in [3.63, 3.8) is 0 Å². The lowest BCUT2D eigenvalue weighted by molar-refractivity contribution is -0.492. The number of ketones is 2. The molecular formula is C42H55FN2O18. The molecule has 3 saturated carbocycles. The first-order valence-corrected chi connectivity index (χ1v) is 20.6. The number of Topliss-reactive ketones (excluding diaryl/α,β-unsaturated/α-hetero) is 1. The van der Waals surface area contributed by atoms with Gasteiger partial charge in [0.2, 0.25) is 11.4 Å². The Kier molecular flexibility index (Phi) is 16.3. The molecule has 0 heterocycles. The number of aliphatic hydroxyl groups is 2. The number of hydrogen-bond donors (Lipinski definition) is 6. The average molecular weight is 895 g/mol. The minimum Gasteiger partial charge on any atom is -0.493 e. The summed E-state index contributed by atoms with van der Waals surface area (Å²) in [6.45, 7) is 2.04. The van der Waals surface area contributed by atoms with Crippen LogP contribution in [-0.4, -0.2) is 128 Å². The van der Waals surface area contributed by atoms with E-state index in [-0.39, 0.29) is 62.8 Å². The summed E-state index contributed by atoms with van der Waals surface area (Å²) in [5.74, 6) is -4.83. The largest absolute Gasteiger partial charge is 0.514 e. The van der Waals surface area contributed by atoms with E-state index < -0.39 is 93.8 Å². The molecule has 0 amide bonds. The second-order valence-corrected chi connectivity index (χ2v) is 16.4. The van der Waals surface area contributed by atoms with Gasteiger partial charge in [-0.1, -0.05) is 31.1 Å². The summed E-state index contributed by atoms with van der Waals surface area (Å²) in [5.41, 5.74) is -6.77. The van der Waals surface area contributed by atoms with E-state index in [2.05, 4.69) is 9.68 Å². The number of esters is 2. The van der Waals surface area contributed by atoms with Crippen molar-refractivity contribution in [2.24, 2.45) is 22.7 Å². The highest BCUT2D eigenvalue weighted by atomic mass is 19.1. The standard InChI is InChI=1S/C42H55FN2O18/c1-39-17-16-28(46)22-27(39)12-13-29-30-23-33(47)42(40(30,2)24-34(48)41(29,39)43,63-37(51)9-5-4-6-19-60-44(53)54)35(49)25-59-38(52)62-31-14-10-26(21-32(31)57-3)11-15-36(50)58-18-7-8-20-61-45(55)56/h10-11,14-17,21-22,29-30,33-34,47-48,53-56H,4-9,12-13,18-20,23-25H2,1-3H3/b15-11+/t29?,30?,33-,34+,39+,40+,41+,42+/m1/s1. The molecule has 21 heteroatoms. The number of unbranched alkanes of at least 4 members (excludes halogenated alkanes) is 3. The van der Waals surface area contributed by atoms with Gasteiger partial charge < -0.3 is 33.9 Å². The monoisotopic (exact) mass is 894 g/mol. The van der Waals surface area contributed by atoms with E-state index in [0.29, 0.717) is 43.2 Å². The smallest absolute Gasteiger partial charge is 0.493 e. The molecule has 4 aliphatic rings. The summed E-state index contributed by atoms with van der Waals surface area (Å²) < 4.78 is 44.9. The number of allylic oxidation sites excluding steroid dienone is 4. The lowest BCUT2D eigenvalue weighted by Gasteiger charge is -2.62. The van der Waals surface area contributed by atoms with Gasteiger partial charge in [-0.15, -0.1) is 0 Å². The summed E-state index contributed by atoms with van der Waals surface area (Å²) >= 11 is 0. The highest BCUT2D eigenvalue weighted by Gasteiger charge is 2.78. The van der Waals surface area contributed by atoms with E-state index in [1.807, 2.05) is 0 Å². The molecule has 3 fully saturated rings. The number of nitrogens with zero attached hydrogens (tertiary/aromatic N) is 2. The molecule has 6 N–H and O–H groups in total. The van der Waals surface area contributed by atoms with Gasteiger partial charge in [-0.05, 0) is 100 Å². The van der Waals surface area contributed by atoms with Crippen molar-refractivity contribution in [3.8, 4) is 11.5 Å². The van der Waals surface area contributed by atoms with Gasteiger partial charge in [0.05, 0.1) is 43.8 Å². The molecule has 8 atom stereocenters. The second kappa shape index (κ2) is 20.9. The normalized spacial score (nSPS) is 29.8. The van der Waals surface area contributed by atoms with Crippen LogP contribution in [0.2, 0.25) is 0 Å². The number of rotatable bonds is 21. The van der Waals surface area contributed by atoms with Crippen molar-refractivity contribution in [1.82, 2.24) is 10.8 Å². The van der Waals surface area contributed by atoms with Crippen molar-refractivity contribution in [1.29, 1.82) is 0 Å². The highest BCUT2D eigenvalue weighted by molar-refractivity contribution is 6.01. The van der Waals surface area contributed by atoms with Crippen molar-refractivity contribution in [2.45, 2.75) is 102 Å². The highest BCUT2D eigenvalue weighted by Crippen LogP contribution is 2.70. The van der Waals surface area contributed by atoms with Crippen molar-refractivity contribution >= 4 is 35.7 Å². The SMILES string of the molecule is COc1cc(/C=C/C(=O)OCCCCON(O)O)ccc1OC(=O)OCC(=O)[C@@]1(OC(=O)CCCCCON(O)O)[C@H](O)CC2C3CCC4=CC(=O)C=C[C@]4(C)[C@@]3(F)[C@@H](O)C[C@@]21C. The molecule has 63 heavy (non-hydrogen) atoms. The summed E-state index contributed by atoms with van der Waals surface area (Å²) in [7, 11) is 1.29. The minimum absolute atomic E-state index is 0.00706. The lowest BCUT2D eigenvalue weighted by atomic mass is 9.44. The zero-order chi connectivity index (χ0) is 46.2. The Hall–Kier alpha value is -4.68. The Morgan fingerprint density at radius 1 is 0.889 bits per heavy atom. The third kappa shape index (κ3) is 10.5. The predicted molar refractivity (Wildman–Crippen MR) is 209 cm³/mol. The maximum atomic E-state index is 17.8. The third-order valence-electron chi connectivity index (χ3n) is 12.9. The van der Waals surface area contributed by atoms with Gasteiger partial charge in [0.15, 0.2) is 29.6 Å². The zero-order valence-electron chi connectivity index (χ0n) is 35.2. The predicted octanol–water partition coefficient (Wildman–Crippen LogP) is 4.32. The van der Waals surface area contributed by atoms with Crippen molar-refractivity contribution in [2.75, 3.05) is 33.5 Å². The summed E-state index contributed by atoms with van der Waals surface area (Å²) in [6.07, 6.45) is 2.97. The maximum absolute atomic E-state index is 17.8. The van der Waals surface area contributed by atoms with E-state index in [1.165, 1.54) is 49.6 Å². The number of methoxy groups -OCH3 is 1. The van der Waals surface area contributed by atoms with Gasteiger partial charge in [0.25, 0.3) is 0 Å². The van der Waals surface area contributed by atoms with Gasteiger partial charge in [-0.3, -0.25) is 44.9 Å². The van der Waals surface area contributed by atoms with Gasteiger partial charge >= 0.3 is 18.1 Å². The van der Waals surface area contributed by atoms with Crippen LogP contribution in [0.15, 0.2) is 48.1 Å². The number of halogens is 1. The Balaban J connectivity index is 1.30. The number of aliphatic hydroxyl groups excluding tert-OH is 2. The van der Waals surface area contributed by atoms with Gasteiger partial charge in [-0.2, -0.15) is 0 Å². The average Bonchev–Trinajstić information content (AvgIpc) is 3.44. The maximum Gasteiger partial charge on any atom is 0.514 e. The Morgan fingerprint density at radius 2 is 1.57 bits per heavy atom. The summed E-state index contributed by atoms with van der Waals surface area (Å²) in [6, 6.07) is 4.24. The molecule has 5 rings (SSSR count). The number of carbonyl (C=O) groups is 5. The van der Waals surface area contributed by atoms with E-state index in [1.54, 1.807) is 13.8 Å². The van der Waals surface area contributed by atoms with Crippen LogP contribution >= 0.6 is 0 Å². The van der Waals surface area contributed by atoms with Crippen LogP contribution in [0.3, 0.4) is 0 Å². The molecule has 4 aliphatic carbocycles. The first-order chi connectivity index (χ1) is 29.8. The fourth-order valence-corrected chi connectivity index (χ4v) is 9.84. The first kappa shape index (κ1) is 49.3. The number of hydrogen-bond acceptors (Lipinski definition) is 20. The molecule has 0 saturated heterocycles. The van der Waals surface area contributed by atoms with Crippen LogP contribution in [-0.2, 0) is 43.1 Å². The second-order valence-electron chi connectivity index (χ2n) is 16.4. The molecule has 348 valence electrons. The topological polar surface area (TPSA) is 278 Å². The number of carbonyl (C=O) groups excluding carboxylic acids is 5. The molecule has 1 aromatic carbocycles. The molecule has 0 radical (unpaired) electrons. The lowest BCUT2D eigenvalue weighted by Crippen LogP contribution is -2.70. The van der Waals surface area contributed by atoms with Crippen LogP contribution in [0.5, 0.6) is 11.5 Å².